The SMILES string of the molecule is Clc1ccc(-c2ccc(-c3n[nH]c4c(Cl)nccc34)c(Cl)c2Cl)cc1. The molecule has 4 rings (SSSR count). The van der Waals surface area contributed by atoms with Gasteiger partial charge in [-0.3, -0.25) is 5.10 Å². The number of hydrogen-bond acceptors (Lipinski definition) is 2. The van der Waals surface area contributed by atoms with Crippen LogP contribution in [0.5, 0.6) is 0 Å². The molecule has 2 heterocycles. The highest BCUT2D eigenvalue weighted by molar-refractivity contribution is 6.45. The molecule has 0 fully saturated rings. The molecule has 0 unspecified atom stereocenters. The number of halogens is 4. The molecule has 124 valence electrons. The van der Waals surface area contributed by atoms with Gasteiger partial charge in [-0.2, -0.15) is 5.10 Å². The van der Waals surface area contributed by atoms with Gasteiger partial charge in [-0.05, 0) is 23.8 Å². The molecule has 25 heavy (non-hydrogen) atoms. The molecular weight excluding hydrogens is 400 g/mol. The van der Waals surface area contributed by atoms with Crippen molar-refractivity contribution in [1.82, 2.24) is 15.2 Å². The van der Waals surface area contributed by atoms with E-state index < -0.39 is 0 Å². The minimum Gasteiger partial charge on any atom is -0.274 e. The van der Waals surface area contributed by atoms with Gasteiger partial charge in [-0.25, -0.2) is 4.98 Å². The molecule has 0 atom stereocenters. The van der Waals surface area contributed by atoms with Crippen LogP contribution in [-0.4, -0.2) is 15.2 Å². The molecule has 0 amide bonds. The zero-order valence-corrected chi connectivity index (χ0v) is 15.5. The van der Waals surface area contributed by atoms with Crippen molar-refractivity contribution in [1.29, 1.82) is 0 Å². The van der Waals surface area contributed by atoms with E-state index >= 15 is 0 Å². The first-order chi connectivity index (χ1) is 12.1. The molecule has 2 aromatic carbocycles. The van der Waals surface area contributed by atoms with Gasteiger partial charge >= 0.3 is 0 Å². The van der Waals surface area contributed by atoms with Crippen LogP contribution in [-0.2, 0) is 0 Å². The molecule has 0 spiro atoms. The van der Waals surface area contributed by atoms with Crippen LogP contribution in [0.15, 0.2) is 48.7 Å². The first kappa shape index (κ1) is 16.7. The van der Waals surface area contributed by atoms with Crippen molar-refractivity contribution in [3.63, 3.8) is 0 Å². The maximum Gasteiger partial charge on any atom is 0.154 e. The van der Waals surface area contributed by atoms with Gasteiger partial charge in [0.05, 0.1) is 10.0 Å². The number of benzene rings is 2. The Kier molecular flexibility index (Phi) is 4.34. The van der Waals surface area contributed by atoms with E-state index in [1.54, 1.807) is 6.20 Å². The lowest BCUT2D eigenvalue weighted by Gasteiger charge is -2.10. The zero-order valence-electron chi connectivity index (χ0n) is 12.5. The number of hydrogen-bond donors (Lipinski definition) is 1. The highest BCUT2D eigenvalue weighted by Gasteiger charge is 2.17. The van der Waals surface area contributed by atoms with Crippen molar-refractivity contribution in [2.24, 2.45) is 0 Å². The lowest BCUT2D eigenvalue weighted by molar-refractivity contribution is 1.12. The normalized spacial score (nSPS) is 11.2. The Balaban J connectivity index is 1.88. The number of pyridine rings is 1. The second kappa shape index (κ2) is 6.50. The van der Waals surface area contributed by atoms with Gasteiger partial charge in [0.1, 0.15) is 11.2 Å². The molecule has 7 heteroatoms. The highest BCUT2D eigenvalue weighted by Crippen LogP contribution is 2.41. The van der Waals surface area contributed by atoms with Crippen LogP contribution >= 0.6 is 46.4 Å². The lowest BCUT2D eigenvalue weighted by Crippen LogP contribution is -1.86. The van der Waals surface area contributed by atoms with E-state index in [1.807, 2.05) is 42.5 Å². The van der Waals surface area contributed by atoms with Gasteiger partial charge in [0, 0.05) is 27.7 Å². The average molecular weight is 409 g/mol. The van der Waals surface area contributed by atoms with Gasteiger partial charge in [-0.15, -0.1) is 0 Å². The monoisotopic (exact) mass is 407 g/mol. The van der Waals surface area contributed by atoms with Gasteiger partial charge in [0.25, 0.3) is 0 Å². The van der Waals surface area contributed by atoms with Crippen molar-refractivity contribution in [2.75, 3.05) is 0 Å². The molecule has 0 radical (unpaired) electrons. The number of nitrogens with zero attached hydrogens (tertiary/aromatic N) is 2. The standard InChI is InChI=1S/C18H9Cl4N3/c19-10-3-1-9(2-4-10)11-5-6-12(15(21)14(11)20)16-13-7-8-23-18(22)17(13)25-24-16/h1-8H,(H,24,25). The predicted octanol–water partition coefficient (Wildman–Crippen LogP) is 6.91. The summed E-state index contributed by atoms with van der Waals surface area (Å²) >= 11 is 25.1. The Morgan fingerprint density at radius 1 is 0.760 bits per heavy atom. The fraction of sp³-hybridized carbons (Fsp3) is 0. The Labute approximate surface area is 163 Å². The van der Waals surface area contributed by atoms with Crippen LogP contribution in [0.2, 0.25) is 20.2 Å². The van der Waals surface area contributed by atoms with Crippen molar-refractivity contribution in [3.8, 4) is 22.4 Å². The van der Waals surface area contributed by atoms with Crippen LogP contribution in [0.1, 0.15) is 0 Å². The van der Waals surface area contributed by atoms with E-state index in [9.17, 15) is 0 Å². The van der Waals surface area contributed by atoms with Crippen molar-refractivity contribution < 1.29 is 0 Å². The van der Waals surface area contributed by atoms with Crippen LogP contribution in [0.25, 0.3) is 33.3 Å². The van der Waals surface area contributed by atoms with Crippen molar-refractivity contribution >= 4 is 57.3 Å². The van der Waals surface area contributed by atoms with Gasteiger partial charge in [0.15, 0.2) is 5.15 Å². The minimum atomic E-state index is 0.358. The molecule has 0 saturated carbocycles. The van der Waals surface area contributed by atoms with Crippen molar-refractivity contribution in [3.05, 3.63) is 68.9 Å². The summed E-state index contributed by atoms with van der Waals surface area (Å²) in [7, 11) is 0. The molecular formula is C18H9Cl4N3. The maximum absolute atomic E-state index is 6.55. The van der Waals surface area contributed by atoms with Gasteiger partial charge < -0.3 is 0 Å². The summed E-state index contributed by atoms with van der Waals surface area (Å²) in [5.74, 6) is 0. The number of fused-ring (bicyclic) bond motifs is 1. The molecule has 4 aromatic rings. The molecule has 0 aliphatic rings. The number of aromatic nitrogens is 3. The van der Waals surface area contributed by atoms with Crippen molar-refractivity contribution in [2.45, 2.75) is 0 Å². The summed E-state index contributed by atoms with van der Waals surface area (Å²) in [6, 6.07) is 13.1. The maximum atomic E-state index is 6.55. The second-order valence-corrected chi connectivity index (χ2v) is 6.94. The Morgan fingerprint density at radius 3 is 2.20 bits per heavy atom. The molecule has 2 aromatic heterocycles. The second-order valence-electron chi connectivity index (χ2n) is 5.39. The Morgan fingerprint density at radius 2 is 1.44 bits per heavy atom. The van der Waals surface area contributed by atoms with Gasteiger partial charge in [0.2, 0.25) is 0 Å². The molecule has 1 N–H and O–H groups in total. The zero-order chi connectivity index (χ0) is 17.6. The first-order valence-electron chi connectivity index (χ1n) is 7.29. The van der Waals surface area contributed by atoms with Crippen LogP contribution in [0, 0.1) is 0 Å². The third kappa shape index (κ3) is 2.87. The predicted molar refractivity (Wildman–Crippen MR) is 105 cm³/mol. The van der Waals surface area contributed by atoms with E-state index in [-0.39, 0.29) is 0 Å². The van der Waals surface area contributed by atoms with Crippen LogP contribution < -0.4 is 0 Å². The molecule has 0 bridgehead atoms. The fourth-order valence-corrected chi connectivity index (χ4v) is 3.56. The Bertz CT molecular complexity index is 1090. The van der Waals surface area contributed by atoms with Gasteiger partial charge in [-0.1, -0.05) is 70.7 Å². The third-order valence-electron chi connectivity index (χ3n) is 3.93. The summed E-state index contributed by atoms with van der Waals surface area (Å²) < 4.78 is 0. The summed E-state index contributed by atoms with van der Waals surface area (Å²) in [5, 5.41) is 9.96. The van der Waals surface area contributed by atoms with E-state index in [0.29, 0.717) is 31.4 Å². The summed E-state index contributed by atoms with van der Waals surface area (Å²) in [6.07, 6.45) is 1.63. The van der Waals surface area contributed by atoms with E-state index in [4.69, 9.17) is 46.4 Å². The quantitative estimate of drug-likeness (QED) is 0.366. The molecule has 0 aliphatic carbocycles. The summed E-state index contributed by atoms with van der Waals surface area (Å²) in [4.78, 5) is 4.04. The number of H-pyrrole nitrogens is 1. The van der Waals surface area contributed by atoms with E-state index in [0.717, 1.165) is 22.1 Å². The minimum absolute atomic E-state index is 0.358. The van der Waals surface area contributed by atoms with Crippen LogP contribution in [0.4, 0.5) is 0 Å². The number of aromatic amines is 1. The third-order valence-corrected chi connectivity index (χ3v) is 5.35. The van der Waals surface area contributed by atoms with Crippen LogP contribution in [0.3, 0.4) is 0 Å². The van der Waals surface area contributed by atoms with E-state index in [2.05, 4.69) is 15.2 Å². The summed E-state index contributed by atoms with van der Waals surface area (Å²) in [5.41, 5.74) is 3.81. The molecule has 0 saturated heterocycles. The largest absolute Gasteiger partial charge is 0.274 e. The van der Waals surface area contributed by atoms with E-state index in [1.165, 1.54) is 0 Å². The lowest BCUT2D eigenvalue weighted by atomic mass is 10.0. The Hall–Kier alpha value is -1.78. The molecule has 3 nitrogen and oxygen atoms in total. The number of nitrogens with one attached hydrogen (secondary N) is 1. The first-order valence-corrected chi connectivity index (χ1v) is 8.80. The molecule has 0 aliphatic heterocycles. The smallest absolute Gasteiger partial charge is 0.154 e. The highest BCUT2D eigenvalue weighted by atomic mass is 35.5. The summed E-state index contributed by atoms with van der Waals surface area (Å²) in [6.45, 7) is 0. The average Bonchev–Trinajstić information content (AvgIpc) is 3.04. The topological polar surface area (TPSA) is 41.6 Å². The fourth-order valence-electron chi connectivity index (χ4n) is 2.70. The number of rotatable bonds is 2.